The smallest absolute Gasteiger partial charge is 0.0991 e. The molecule has 0 heterocycles. The van der Waals surface area contributed by atoms with E-state index in [0.717, 1.165) is 11.1 Å². The second kappa shape index (κ2) is 8.08. The molecular formula is C35H21N. The minimum Gasteiger partial charge on any atom is -0.192 e. The van der Waals surface area contributed by atoms with Crippen molar-refractivity contribution in [1.29, 1.82) is 5.26 Å². The van der Waals surface area contributed by atoms with Gasteiger partial charge >= 0.3 is 0 Å². The van der Waals surface area contributed by atoms with Gasteiger partial charge in [0, 0.05) is 0 Å². The summed E-state index contributed by atoms with van der Waals surface area (Å²) in [6.07, 6.45) is 4.26. The maximum Gasteiger partial charge on any atom is 0.0991 e. The monoisotopic (exact) mass is 455 g/mol. The molecule has 0 N–H and O–H groups in total. The van der Waals surface area contributed by atoms with Crippen molar-refractivity contribution in [1.82, 2.24) is 0 Å². The third-order valence-corrected chi connectivity index (χ3v) is 7.22. The van der Waals surface area contributed by atoms with Crippen molar-refractivity contribution in [3.05, 3.63) is 132 Å². The van der Waals surface area contributed by atoms with Crippen molar-refractivity contribution in [2.45, 2.75) is 0 Å². The van der Waals surface area contributed by atoms with Gasteiger partial charge in [0.2, 0.25) is 0 Å². The van der Waals surface area contributed by atoms with E-state index in [0.29, 0.717) is 5.56 Å². The minimum atomic E-state index is 0.677. The molecule has 0 saturated carbocycles. The summed E-state index contributed by atoms with van der Waals surface area (Å²) in [5, 5.41) is 21.8. The number of nitriles is 1. The molecule has 36 heavy (non-hydrogen) atoms. The van der Waals surface area contributed by atoms with Crippen LogP contribution in [0.4, 0.5) is 0 Å². The summed E-state index contributed by atoms with van der Waals surface area (Å²) < 4.78 is 0. The van der Waals surface area contributed by atoms with Crippen LogP contribution < -0.4 is 0 Å². The molecule has 0 atom stereocenters. The maximum absolute atomic E-state index is 9.06. The first kappa shape index (κ1) is 20.4. The Balaban J connectivity index is 1.53. The number of fused-ring (bicyclic) bond motifs is 9. The van der Waals surface area contributed by atoms with Crippen LogP contribution in [-0.2, 0) is 0 Å². The molecule has 0 aliphatic carbocycles. The van der Waals surface area contributed by atoms with Crippen LogP contribution in [0.5, 0.6) is 0 Å². The van der Waals surface area contributed by atoms with Crippen molar-refractivity contribution in [2.24, 2.45) is 0 Å². The molecule has 0 bridgehead atoms. The molecular weight excluding hydrogens is 434 g/mol. The van der Waals surface area contributed by atoms with Gasteiger partial charge in [0.25, 0.3) is 0 Å². The highest BCUT2D eigenvalue weighted by Gasteiger charge is 2.11. The highest BCUT2D eigenvalue weighted by Crippen LogP contribution is 2.39. The summed E-state index contributed by atoms with van der Waals surface area (Å²) >= 11 is 0. The zero-order valence-electron chi connectivity index (χ0n) is 19.6. The Bertz CT molecular complexity index is 2020. The van der Waals surface area contributed by atoms with Gasteiger partial charge in [0.05, 0.1) is 11.6 Å². The van der Waals surface area contributed by atoms with E-state index in [2.05, 4.69) is 109 Å². The summed E-state index contributed by atoms with van der Waals surface area (Å²) in [6.45, 7) is 0. The average molecular weight is 456 g/mol. The molecule has 0 aliphatic heterocycles. The molecule has 166 valence electrons. The first-order valence-corrected chi connectivity index (χ1v) is 12.2. The van der Waals surface area contributed by atoms with Crippen LogP contribution in [0.15, 0.2) is 115 Å². The van der Waals surface area contributed by atoms with Gasteiger partial charge in [-0.05, 0) is 83.2 Å². The lowest BCUT2D eigenvalue weighted by Crippen LogP contribution is -1.86. The molecule has 7 aromatic rings. The van der Waals surface area contributed by atoms with Crippen molar-refractivity contribution in [2.75, 3.05) is 0 Å². The predicted octanol–water partition coefficient (Wildman–Crippen LogP) is 9.49. The summed E-state index contributed by atoms with van der Waals surface area (Å²) in [6, 6.07) is 43.2. The summed E-state index contributed by atoms with van der Waals surface area (Å²) in [4.78, 5) is 0. The van der Waals surface area contributed by atoms with Crippen LogP contribution >= 0.6 is 0 Å². The lowest BCUT2D eigenvalue weighted by Gasteiger charge is -2.13. The topological polar surface area (TPSA) is 23.8 Å². The molecule has 0 amide bonds. The van der Waals surface area contributed by atoms with E-state index in [-0.39, 0.29) is 0 Å². The van der Waals surface area contributed by atoms with E-state index in [1.807, 2.05) is 24.3 Å². The van der Waals surface area contributed by atoms with Crippen LogP contribution in [-0.4, -0.2) is 0 Å². The normalized spacial score (nSPS) is 11.8. The Labute approximate surface area is 209 Å². The second-order valence-electron chi connectivity index (χ2n) is 9.33. The van der Waals surface area contributed by atoms with E-state index in [9.17, 15) is 0 Å². The Morgan fingerprint density at radius 2 is 0.944 bits per heavy atom. The maximum atomic E-state index is 9.06. The molecule has 0 spiro atoms. The SMILES string of the molecule is N#Cc1ccc(/C=C\c2ccc3ccc4ccc5ccc6ccc7ccccc7c6c5c4c3c2)cc1. The van der Waals surface area contributed by atoms with Crippen molar-refractivity contribution < 1.29 is 0 Å². The van der Waals surface area contributed by atoms with E-state index in [1.54, 1.807) is 0 Å². The second-order valence-corrected chi connectivity index (χ2v) is 9.33. The van der Waals surface area contributed by atoms with Crippen LogP contribution in [0, 0.1) is 11.3 Å². The van der Waals surface area contributed by atoms with Gasteiger partial charge in [-0.15, -0.1) is 0 Å². The molecule has 0 radical (unpaired) electrons. The molecule has 7 rings (SSSR count). The zero-order valence-corrected chi connectivity index (χ0v) is 19.6. The minimum absolute atomic E-state index is 0.677. The molecule has 0 unspecified atom stereocenters. The number of nitrogens with zero attached hydrogens (tertiary/aromatic N) is 1. The molecule has 7 aromatic carbocycles. The fourth-order valence-corrected chi connectivity index (χ4v) is 5.44. The third-order valence-electron chi connectivity index (χ3n) is 7.22. The van der Waals surface area contributed by atoms with Crippen LogP contribution in [0.25, 0.3) is 66.0 Å². The lowest BCUT2D eigenvalue weighted by atomic mass is 9.90. The van der Waals surface area contributed by atoms with Gasteiger partial charge in [0.1, 0.15) is 0 Å². The van der Waals surface area contributed by atoms with E-state index in [4.69, 9.17) is 5.26 Å². The van der Waals surface area contributed by atoms with Crippen molar-refractivity contribution in [3.8, 4) is 6.07 Å². The van der Waals surface area contributed by atoms with Crippen molar-refractivity contribution in [3.63, 3.8) is 0 Å². The summed E-state index contributed by atoms with van der Waals surface area (Å²) in [7, 11) is 0. The molecule has 1 heteroatoms. The quantitative estimate of drug-likeness (QED) is 0.188. The fourth-order valence-electron chi connectivity index (χ4n) is 5.44. The highest BCUT2D eigenvalue weighted by molar-refractivity contribution is 6.32. The van der Waals surface area contributed by atoms with Gasteiger partial charge in [-0.2, -0.15) is 5.26 Å². The Morgan fingerprint density at radius 1 is 0.444 bits per heavy atom. The van der Waals surface area contributed by atoms with E-state index < -0.39 is 0 Å². The van der Waals surface area contributed by atoms with Gasteiger partial charge < -0.3 is 0 Å². The standard InChI is InChI=1S/C35H21N/c36-22-25-9-6-23(7-10-25)5-8-24-11-12-27-14-16-29-18-20-30-19-17-28-15-13-26-3-1-2-4-31(26)33(28)35(30)34(29)32(27)21-24/h1-21H/b8-5-. The first-order valence-electron chi connectivity index (χ1n) is 12.2. The van der Waals surface area contributed by atoms with Gasteiger partial charge in [0.15, 0.2) is 0 Å². The molecule has 1 nitrogen and oxygen atoms in total. The lowest BCUT2D eigenvalue weighted by molar-refractivity contribution is 1.48. The third kappa shape index (κ3) is 3.24. The average Bonchev–Trinajstić information content (AvgIpc) is 2.95. The highest BCUT2D eigenvalue weighted by atomic mass is 14.2. The Hall–Kier alpha value is -4.93. The first-order chi connectivity index (χ1) is 17.8. The van der Waals surface area contributed by atoms with Gasteiger partial charge in [-0.25, -0.2) is 0 Å². The van der Waals surface area contributed by atoms with Crippen LogP contribution in [0.3, 0.4) is 0 Å². The van der Waals surface area contributed by atoms with E-state index in [1.165, 1.54) is 53.9 Å². The predicted molar refractivity (Wildman–Crippen MR) is 154 cm³/mol. The molecule has 0 saturated heterocycles. The van der Waals surface area contributed by atoms with Crippen LogP contribution in [0.2, 0.25) is 0 Å². The number of rotatable bonds is 2. The molecule has 0 aromatic heterocycles. The number of benzene rings is 7. The molecule has 0 aliphatic rings. The summed E-state index contributed by atoms with van der Waals surface area (Å²) in [5.41, 5.74) is 2.91. The Morgan fingerprint density at radius 3 is 1.64 bits per heavy atom. The van der Waals surface area contributed by atoms with Gasteiger partial charge in [-0.1, -0.05) is 109 Å². The van der Waals surface area contributed by atoms with Crippen LogP contribution in [0.1, 0.15) is 16.7 Å². The van der Waals surface area contributed by atoms with Gasteiger partial charge in [-0.3, -0.25) is 0 Å². The zero-order chi connectivity index (χ0) is 24.1. The van der Waals surface area contributed by atoms with Crippen molar-refractivity contribution >= 4 is 66.0 Å². The summed E-state index contributed by atoms with van der Waals surface area (Å²) in [5.74, 6) is 0. The Kier molecular flexibility index (Phi) is 4.59. The number of hydrogen-bond acceptors (Lipinski definition) is 1. The fraction of sp³-hybridized carbons (Fsp3) is 0. The number of hydrogen-bond donors (Lipinski definition) is 0. The van der Waals surface area contributed by atoms with E-state index >= 15 is 0 Å². The largest absolute Gasteiger partial charge is 0.192 e. The molecule has 0 fully saturated rings.